The first-order valence-electron chi connectivity index (χ1n) is 12.7. The van der Waals surface area contributed by atoms with Crippen molar-refractivity contribution in [3.05, 3.63) is 83.6 Å². The van der Waals surface area contributed by atoms with Gasteiger partial charge in [-0.1, -0.05) is 12.1 Å². The van der Waals surface area contributed by atoms with Crippen LogP contribution in [-0.2, 0) is 18.9 Å². The summed E-state index contributed by atoms with van der Waals surface area (Å²) in [5, 5.41) is 12.5. The number of hydrogen-bond donors (Lipinski definition) is 1. The fourth-order valence-electron chi connectivity index (χ4n) is 6.61. The van der Waals surface area contributed by atoms with E-state index in [9.17, 15) is 31.4 Å². The highest BCUT2D eigenvalue weighted by molar-refractivity contribution is 5.83. The van der Waals surface area contributed by atoms with Crippen molar-refractivity contribution >= 4 is 10.9 Å². The number of ether oxygens (including phenoxy) is 1. The Morgan fingerprint density at radius 2 is 1.87 bits per heavy atom. The molecule has 3 aliphatic heterocycles. The number of piperidine rings is 3. The Hall–Kier alpha value is -3.11. The molecule has 2 bridgehead atoms. The maximum atomic E-state index is 14.1. The standard InChI is InChI=1S/C29H29F6N2O2/c1-3-17-15-37(16-19-4-5-20(28(30,31)32)13-24(19)29(33,34)35)11-9-18(17)12-26(37)27(38)22-8-10-36-25-7-6-21(39-2)14-23(22)25/h3-8,10,13-14,17-18,26-27,38H,1,9,11-12,15-16H2,2H3/q+1/t17?,18-,26-,27+,37?/m0/s1. The quantitative estimate of drug-likeness (QED) is 0.205. The van der Waals surface area contributed by atoms with E-state index in [4.69, 9.17) is 4.74 Å². The van der Waals surface area contributed by atoms with Gasteiger partial charge in [0.2, 0.25) is 0 Å². The maximum absolute atomic E-state index is 14.1. The number of aliphatic hydroxyl groups excluding tert-OH is 1. The summed E-state index contributed by atoms with van der Waals surface area (Å²) in [5.74, 6) is 0.810. The second-order valence-corrected chi connectivity index (χ2v) is 10.6. The molecule has 0 saturated carbocycles. The van der Waals surface area contributed by atoms with Crippen LogP contribution in [0, 0.1) is 11.8 Å². The maximum Gasteiger partial charge on any atom is 0.416 e. The van der Waals surface area contributed by atoms with Gasteiger partial charge in [-0.3, -0.25) is 4.98 Å². The summed E-state index contributed by atoms with van der Waals surface area (Å²) >= 11 is 0. The highest BCUT2D eigenvalue weighted by Gasteiger charge is 2.54. The normalized spacial score (nSPS) is 26.0. The van der Waals surface area contributed by atoms with Crippen LogP contribution in [0.1, 0.15) is 41.2 Å². The van der Waals surface area contributed by atoms with Gasteiger partial charge in [-0.25, -0.2) is 0 Å². The summed E-state index contributed by atoms with van der Waals surface area (Å²) in [7, 11) is 1.53. The van der Waals surface area contributed by atoms with Crippen LogP contribution >= 0.6 is 0 Å². The Morgan fingerprint density at radius 1 is 1.10 bits per heavy atom. The summed E-state index contributed by atoms with van der Waals surface area (Å²) in [5.41, 5.74) is -1.61. The first-order chi connectivity index (χ1) is 18.4. The first kappa shape index (κ1) is 27.5. The van der Waals surface area contributed by atoms with Gasteiger partial charge in [0, 0.05) is 35.9 Å². The van der Waals surface area contributed by atoms with Crippen LogP contribution in [0.5, 0.6) is 5.75 Å². The third-order valence-corrected chi connectivity index (χ3v) is 8.57. The van der Waals surface area contributed by atoms with E-state index < -0.39 is 35.6 Å². The SMILES string of the molecule is C=CC1C[N+]2(Cc3ccc(C(F)(F)F)cc3C(F)(F)F)CC[C@H]1C[C@H]2[C@H](O)c1ccnc2ccc(OC)cc12. The number of fused-ring (bicyclic) bond motifs is 4. The zero-order chi connectivity index (χ0) is 28.2. The predicted octanol–water partition coefficient (Wildman–Crippen LogP) is 6.93. The number of halogens is 6. The van der Waals surface area contributed by atoms with Gasteiger partial charge in [0.05, 0.1) is 36.8 Å². The lowest BCUT2D eigenvalue weighted by Gasteiger charge is -2.58. The van der Waals surface area contributed by atoms with Crippen molar-refractivity contribution in [3.63, 3.8) is 0 Å². The fourth-order valence-corrected chi connectivity index (χ4v) is 6.61. The molecule has 1 N–H and O–H groups in total. The van der Waals surface area contributed by atoms with Crippen LogP contribution in [0.25, 0.3) is 10.9 Å². The van der Waals surface area contributed by atoms with Crippen LogP contribution in [0.3, 0.4) is 0 Å². The molecule has 3 saturated heterocycles. The number of quaternary nitrogens is 1. The average Bonchev–Trinajstić information content (AvgIpc) is 2.90. The molecule has 3 fully saturated rings. The van der Waals surface area contributed by atoms with Gasteiger partial charge in [-0.2, -0.15) is 26.3 Å². The molecule has 2 unspecified atom stereocenters. The van der Waals surface area contributed by atoms with Crippen molar-refractivity contribution < 1.29 is 40.7 Å². The summed E-state index contributed by atoms with van der Waals surface area (Å²) in [6.45, 7) is 4.72. The van der Waals surface area contributed by atoms with Crippen molar-refractivity contribution in [2.24, 2.45) is 11.8 Å². The molecule has 2 aromatic carbocycles. The van der Waals surface area contributed by atoms with E-state index in [0.717, 1.165) is 12.5 Å². The van der Waals surface area contributed by atoms with Crippen LogP contribution in [0.15, 0.2) is 61.3 Å². The molecule has 0 radical (unpaired) electrons. The minimum atomic E-state index is -4.97. The minimum Gasteiger partial charge on any atom is -0.497 e. The summed E-state index contributed by atoms with van der Waals surface area (Å²) in [6, 6.07) is 8.38. The van der Waals surface area contributed by atoms with Crippen molar-refractivity contribution in [1.29, 1.82) is 0 Å². The van der Waals surface area contributed by atoms with Gasteiger partial charge in [0.15, 0.2) is 0 Å². The molecule has 4 heterocycles. The number of benzene rings is 2. The van der Waals surface area contributed by atoms with E-state index in [1.165, 1.54) is 7.11 Å². The van der Waals surface area contributed by atoms with Gasteiger partial charge in [0.25, 0.3) is 0 Å². The van der Waals surface area contributed by atoms with E-state index in [1.54, 1.807) is 30.5 Å². The number of pyridine rings is 1. The minimum absolute atomic E-state index is 0.0280. The molecule has 3 aromatic rings. The van der Waals surface area contributed by atoms with Crippen LogP contribution in [0.2, 0.25) is 0 Å². The second-order valence-electron chi connectivity index (χ2n) is 10.6. The third kappa shape index (κ3) is 5.00. The molecule has 4 nitrogen and oxygen atoms in total. The van der Waals surface area contributed by atoms with Crippen molar-refractivity contribution in [2.45, 2.75) is 43.9 Å². The molecule has 208 valence electrons. The van der Waals surface area contributed by atoms with Gasteiger partial charge < -0.3 is 14.3 Å². The lowest BCUT2D eigenvalue weighted by molar-refractivity contribution is -0.985. The van der Waals surface area contributed by atoms with E-state index in [1.807, 2.05) is 6.08 Å². The Balaban J connectivity index is 1.60. The predicted molar refractivity (Wildman–Crippen MR) is 134 cm³/mol. The molecule has 0 aliphatic carbocycles. The van der Waals surface area contributed by atoms with Crippen molar-refractivity contribution in [1.82, 2.24) is 4.98 Å². The summed E-state index contributed by atoms with van der Waals surface area (Å²) in [6.07, 6.45) is -6.24. The van der Waals surface area contributed by atoms with E-state index >= 15 is 0 Å². The lowest BCUT2D eigenvalue weighted by atomic mass is 9.71. The molecule has 0 amide bonds. The number of aliphatic hydroxyl groups is 1. The molecule has 3 aliphatic rings. The molecule has 39 heavy (non-hydrogen) atoms. The summed E-state index contributed by atoms with van der Waals surface area (Å²) < 4.78 is 87.5. The molecular weight excluding hydrogens is 522 g/mol. The number of alkyl halides is 6. The third-order valence-electron chi connectivity index (χ3n) is 8.57. The largest absolute Gasteiger partial charge is 0.497 e. The molecule has 5 atom stereocenters. The smallest absolute Gasteiger partial charge is 0.416 e. The number of methoxy groups -OCH3 is 1. The highest BCUT2D eigenvalue weighted by atomic mass is 19.4. The van der Waals surface area contributed by atoms with E-state index in [0.29, 0.717) is 47.8 Å². The van der Waals surface area contributed by atoms with Crippen LogP contribution in [0.4, 0.5) is 26.3 Å². The number of aromatic nitrogens is 1. The monoisotopic (exact) mass is 551 g/mol. The fraction of sp³-hybridized carbons (Fsp3) is 0.414. The van der Waals surface area contributed by atoms with Gasteiger partial charge in [-0.05, 0) is 47.9 Å². The lowest BCUT2D eigenvalue weighted by Crippen LogP contribution is -2.67. The second kappa shape index (κ2) is 9.82. The van der Waals surface area contributed by atoms with Crippen LogP contribution in [-0.4, -0.2) is 40.8 Å². The van der Waals surface area contributed by atoms with Gasteiger partial charge >= 0.3 is 12.4 Å². The zero-order valence-electron chi connectivity index (χ0n) is 21.3. The number of hydrogen-bond acceptors (Lipinski definition) is 3. The summed E-state index contributed by atoms with van der Waals surface area (Å²) in [4.78, 5) is 4.37. The van der Waals surface area contributed by atoms with Crippen LogP contribution < -0.4 is 4.74 Å². The Labute approximate surface area is 222 Å². The zero-order valence-corrected chi connectivity index (χ0v) is 21.3. The van der Waals surface area contributed by atoms with E-state index in [-0.39, 0.29) is 34.5 Å². The molecule has 1 aromatic heterocycles. The molecular formula is C29H29F6N2O2+. The molecule has 0 spiro atoms. The first-order valence-corrected chi connectivity index (χ1v) is 12.7. The molecule has 6 rings (SSSR count). The van der Waals surface area contributed by atoms with Crippen molar-refractivity contribution in [2.75, 3.05) is 20.2 Å². The number of rotatable bonds is 6. The van der Waals surface area contributed by atoms with Gasteiger partial charge in [0.1, 0.15) is 24.4 Å². The number of nitrogens with zero attached hydrogens (tertiary/aromatic N) is 2. The van der Waals surface area contributed by atoms with E-state index in [2.05, 4.69) is 11.6 Å². The highest BCUT2D eigenvalue weighted by Crippen LogP contribution is 2.49. The Kier molecular flexibility index (Phi) is 6.91. The Bertz CT molecular complexity index is 1390. The van der Waals surface area contributed by atoms with Gasteiger partial charge in [-0.15, -0.1) is 6.58 Å². The molecule has 10 heteroatoms. The average molecular weight is 552 g/mol. The van der Waals surface area contributed by atoms with Crippen molar-refractivity contribution in [3.8, 4) is 5.75 Å². The topological polar surface area (TPSA) is 42.4 Å². The Morgan fingerprint density at radius 3 is 2.54 bits per heavy atom.